The molecular weight excluding hydrogens is 383 g/mol. The summed E-state index contributed by atoms with van der Waals surface area (Å²) in [6.07, 6.45) is -3.24. The minimum atomic E-state index is -4.44. The Hall–Kier alpha value is -3.17. The van der Waals surface area contributed by atoms with Gasteiger partial charge < -0.3 is 9.80 Å². The van der Waals surface area contributed by atoms with Crippen molar-refractivity contribution in [3.8, 4) is 5.82 Å². The van der Waals surface area contributed by atoms with E-state index in [1.54, 1.807) is 10.7 Å². The molecule has 0 unspecified atom stereocenters. The van der Waals surface area contributed by atoms with Gasteiger partial charge in [0.05, 0.1) is 5.69 Å². The van der Waals surface area contributed by atoms with Crippen molar-refractivity contribution in [1.29, 1.82) is 0 Å². The van der Waals surface area contributed by atoms with E-state index in [-0.39, 0.29) is 0 Å². The lowest BCUT2D eigenvalue weighted by Crippen LogP contribution is -2.47. The number of rotatable bonds is 3. The maximum atomic E-state index is 12.9. The summed E-state index contributed by atoms with van der Waals surface area (Å²) in [5.74, 6) is 1.38. The van der Waals surface area contributed by atoms with Crippen molar-refractivity contribution < 1.29 is 13.2 Å². The average molecular weight is 403 g/mol. The number of aromatic nitrogens is 5. The zero-order valence-electron chi connectivity index (χ0n) is 16.1. The number of aryl methyl sites for hydroxylation is 2. The number of nitrogens with zero attached hydrogens (tertiary/aromatic N) is 7. The summed E-state index contributed by atoms with van der Waals surface area (Å²) in [4.78, 5) is 7.41. The molecule has 3 aromatic heterocycles. The molecule has 4 rings (SSSR count). The van der Waals surface area contributed by atoms with Crippen LogP contribution in [0.4, 0.5) is 24.7 Å². The fourth-order valence-corrected chi connectivity index (χ4v) is 3.43. The standard InChI is InChI=1S/C19H20F3N7/c1-13-11-14(2)29(26-13)18-4-3-17(24-25-18)28-9-7-27(8-10-28)15-5-6-23-16(12-15)19(20,21)22/h3-6,11-12H,7-10H2,1-2H3. The molecule has 152 valence electrons. The molecule has 0 radical (unpaired) electrons. The predicted molar refractivity (Wildman–Crippen MR) is 102 cm³/mol. The van der Waals surface area contributed by atoms with E-state index in [9.17, 15) is 13.2 Å². The van der Waals surface area contributed by atoms with Gasteiger partial charge in [0.25, 0.3) is 0 Å². The minimum Gasteiger partial charge on any atom is -0.368 e. The molecule has 29 heavy (non-hydrogen) atoms. The minimum absolute atomic E-state index is 0.526. The number of hydrogen-bond acceptors (Lipinski definition) is 6. The maximum Gasteiger partial charge on any atom is 0.433 e. The Balaban J connectivity index is 1.43. The van der Waals surface area contributed by atoms with Gasteiger partial charge in [0, 0.05) is 43.8 Å². The number of halogens is 3. The first kappa shape index (κ1) is 19.2. The summed E-state index contributed by atoms with van der Waals surface area (Å²) >= 11 is 0. The lowest BCUT2D eigenvalue weighted by Gasteiger charge is -2.36. The molecular formula is C19H20F3N7. The van der Waals surface area contributed by atoms with Gasteiger partial charge in [-0.25, -0.2) is 4.68 Å². The average Bonchev–Trinajstić information content (AvgIpc) is 3.06. The Morgan fingerprint density at radius 2 is 1.52 bits per heavy atom. The summed E-state index contributed by atoms with van der Waals surface area (Å²) in [5.41, 5.74) is 1.55. The van der Waals surface area contributed by atoms with Gasteiger partial charge >= 0.3 is 6.18 Å². The van der Waals surface area contributed by atoms with Gasteiger partial charge in [0.15, 0.2) is 11.6 Å². The van der Waals surface area contributed by atoms with Crippen LogP contribution in [0, 0.1) is 13.8 Å². The van der Waals surface area contributed by atoms with Crippen LogP contribution >= 0.6 is 0 Å². The zero-order chi connectivity index (χ0) is 20.6. The van der Waals surface area contributed by atoms with Crippen LogP contribution < -0.4 is 9.80 Å². The molecule has 0 spiro atoms. The lowest BCUT2D eigenvalue weighted by atomic mass is 10.2. The fourth-order valence-electron chi connectivity index (χ4n) is 3.43. The Labute approximate surface area is 165 Å². The maximum absolute atomic E-state index is 12.9. The highest BCUT2D eigenvalue weighted by Gasteiger charge is 2.33. The van der Waals surface area contributed by atoms with E-state index in [1.807, 2.05) is 36.9 Å². The normalized spacial score (nSPS) is 15.1. The Morgan fingerprint density at radius 1 is 0.862 bits per heavy atom. The number of pyridine rings is 1. The number of piperazine rings is 1. The van der Waals surface area contributed by atoms with E-state index in [4.69, 9.17) is 0 Å². The van der Waals surface area contributed by atoms with Crippen LogP contribution in [0.15, 0.2) is 36.5 Å². The van der Waals surface area contributed by atoms with E-state index in [0.717, 1.165) is 23.3 Å². The highest BCUT2D eigenvalue weighted by Crippen LogP contribution is 2.30. The van der Waals surface area contributed by atoms with Crippen molar-refractivity contribution in [2.45, 2.75) is 20.0 Å². The lowest BCUT2D eigenvalue weighted by molar-refractivity contribution is -0.141. The van der Waals surface area contributed by atoms with Crippen LogP contribution in [0.3, 0.4) is 0 Å². The Bertz CT molecular complexity index is 990. The third-order valence-electron chi connectivity index (χ3n) is 4.87. The zero-order valence-corrected chi connectivity index (χ0v) is 16.1. The monoisotopic (exact) mass is 403 g/mol. The fraction of sp³-hybridized carbons (Fsp3) is 0.368. The molecule has 1 fully saturated rings. The summed E-state index contributed by atoms with van der Waals surface area (Å²) in [7, 11) is 0. The molecule has 0 atom stereocenters. The SMILES string of the molecule is Cc1cc(C)n(-c2ccc(N3CCN(c4ccnc(C(F)(F)F)c4)CC3)nn2)n1. The van der Waals surface area contributed by atoms with E-state index in [1.165, 1.54) is 6.20 Å². The first-order chi connectivity index (χ1) is 13.8. The van der Waals surface area contributed by atoms with Crippen molar-refractivity contribution in [3.05, 3.63) is 53.6 Å². The van der Waals surface area contributed by atoms with E-state index in [0.29, 0.717) is 37.7 Å². The molecule has 7 nitrogen and oxygen atoms in total. The van der Waals surface area contributed by atoms with E-state index < -0.39 is 11.9 Å². The van der Waals surface area contributed by atoms with Gasteiger partial charge in [-0.3, -0.25) is 4.98 Å². The molecule has 10 heteroatoms. The van der Waals surface area contributed by atoms with E-state index in [2.05, 4.69) is 25.2 Å². The van der Waals surface area contributed by atoms with Crippen molar-refractivity contribution in [3.63, 3.8) is 0 Å². The van der Waals surface area contributed by atoms with Crippen LogP contribution in [0.2, 0.25) is 0 Å². The second-order valence-electron chi connectivity index (χ2n) is 6.96. The van der Waals surface area contributed by atoms with Crippen LogP contribution in [0.1, 0.15) is 17.1 Å². The van der Waals surface area contributed by atoms with Crippen molar-refractivity contribution >= 4 is 11.5 Å². The molecule has 0 bridgehead atoms. The Kier molecular flexibility index (Phi) is 4.85. The molecule has 1 saturated heterocycles. The van der Waals surface area contributed by atoms with E-state index >= 15 is 0 Å². The molecule has 0 saturated carbocycles. The Morgan fingerprint density at radius 3 is 2.10 bits per heavy atom. The molecule has 4 heterocycles. The topological polar surface area (TPSA) is 63.0 Å². The first-order valence-electron chi connectivity index (χ1n) is 9.22. The highest BCUT2D eigenvalue weighted by atomic mass is 19.4. The highest BCUT2D eigenvalue weighted by molar-refractivity contribution is 5.50. The predicted octanol–water partition coefficient (Wildman–Crippen LogP) is 3.02. The third-order valence-corrected chi connectivity index (χ3v) is 4.87. The van der Waals surface area contributed by atoms with Crippen molar-refractivity contribution in [2.75, 3.05) is 36.0 Å². The van der Waals surface area contributed by atoms with Gasteiger partial charge in [-0.1, -0.05) is 0 Å². The van der Waals surface area contributed by atoms with Crippen molar-refractivity contribution in [2.24, 2.45) is 0 Å². The molecule has 0 amide bonds. The van der Waals surface area contributed by atoms with Gasteiger partial charge in [-0.05, 0) is 44.2 Å². The van der Waals surface area contributed by atoms with Crippen LogP contribution in [-0.4, -0.2) is 51.1 Å². The molecule has 0 aliphatic carbocycles. The summed E-state index contributed by atoms with van der Waals surface area (Å²) < 4.78 is 40.4. The molecule has 1 aliphatic heterocycles. The summed E-state index contributed by atoms with van der Waals surface area (Å²) in [6, 6.07) is 8.43. The summed E-state index contributed by atoms with van der Waals surface area (Å²) in [5, 5.41) is 13.0. The molecule has 0 aromatic carbocycles. The summed E-state index contributed by atoms with van der Waals surface area (Å²) in [6.45, 7) is 6.32. The van der Waals surface area contributed by atoms with Crippen molar-refractivity contribution in [1.82, 2.24) is 25.0 Å². The second kappa shape index (κ2) is 7.34. The van der Waals surface area contributed by atoms with Gasteiger partial charge in [-0.15, -0.1) is 10.2 Å². The van der Waals surface area contributed by atoms with Gasteiger partial charge in [0.2, 0.25) is 0 Å². The molecule has 1 aliphatic rings. The largest absolute Gasteiger partial charge is 0.433 e. The van der Waals surface area contributed by atoms with Gasteiger partial charge in [0.1, 0.15) is 5.69 Å². The smallest absolute Gasteiger partial charge is 0.368 e. The molecule has 0 N–H and O–H groups in total. The number of alkyl halides is 3. The van der Waals surface area contributed by atoms with Crippen LogP contribution in [0.5, 0.6) is 0 Å². The van der Waals surface area contributed by atoms with Crippen LogP contribution in [0.25, 0.3) is 5.82 Å². The van der Waals surface area contributed by atoms with Gasteiger partial charge in [-0.2, -0.15) is 18.3 Å². The van der Waals surface area contributed by atoms with Crippen LogP contribution in [-0.2, 0) is 6.18 Å². The second-order valence-corrected chi connectivity index (χ2v) is 6.96. The molecule has 3 aromatic rings. The first-order valence-corrected chi connectivity index (χ1v) is 9.22. The number of anilines is 2. The quantitative estimate of drug-likeness (QED) is 0.670. The number of hydrogen-bond donors (Lipinski definition) is 0. The third kappa shape index (κ3) is 4.01.